The van der Waals surface area contributed by atoms with Crippen LogP contribution in [-0.4, -0.2) is 40.6 Å². The minimum Gasteiger partial charge on any atom is -0.481 e. The van der Waals surface area contributed by atoms with Gasteiger partial charge in [0.1, 0.15) is 5.75 Å². The molecule has 6 heteroatoms. The van der Waals surface area contributed by atoms with Crippen molar-refractivity contribution in [3.05, 3.63) is 41.0 Å². The summed E-state index contributed by atoms with van der Waals surface area (Å²) in [5.74, 6) is 2.11. The third-order valence-corrected chi connectivity index (χ3v) is 4.02. The molecule has 1 atom stereocenters. The lowest BCUT2D eigenvalue weighted by molar-refractivity contribution is -0.136. The average molecular weight is 345 g/mol. The molecule has 0 aliphatic rings. The van der Waals surface area contributed by atoms with E-state index in [-0.39, 0.29) is 11.8 Å². The first-order chi connectivity index (χ1) is 11.8. The molecule has 25 heavy (non-hydrogen) atoms. The van der Waals surface area contributed by atoms with Gasteiger partial charge in [-0.05, 0) is 38.0 Å². The summed E-state index contributed by atoms with van der Waals surface area (Å²) in [5, 5.41) is 3.95. The number of hydrogen-bond donors (Lipinski definition) is 0. The molecule has 2 aromatic rings. The van der Waals surface area contributed by atoms with Crippen molar-refractivity contribution in [2.24, 2.45) is 0 Å². The highest BCUT2D eigenvalue weighted by atomic mass is 16.5. The number of carbonyl (C=O) groups excluding carboxylic acids is 1. The van der Waals surface area contributed by atoms with Crippen LogP contribution < -0.4 is 4.74 Å². The smallest absolute Gasteiger partial charge is 0.263 e. The first-order valence-electron chi connectivity index (χ1n) is 8.59. The first-order valence-corrected chi connectivity index (χ1v) is 8.59. The molecule has 0 aliphatic carbocycles. The van der Waals surface area contributed by atoms with E-state index in [1.54, 1.807) is 18.9 Å². The number of nitrogens with zero attached hydrogens (tertiary/aromatic N) is 3. The Morgan fingerprint density at radius 2 is 2.00 bits per heavy atom. The molecule has 1 aromatic heterocycles. The number of likely N-dealkylation sites (N-methyl/N-ethyl adjacent to an activating group) is 1. The number of ether oxygens (including phenoxy) is 1. The molecule has 2 rings (SSSR count). The second-order valence-electron chi connectivity index (χ2n) is 6.74. The van der Waals surface area contributed by atoms with Crippen LogP contribution in [0, 0.1) is 13.8 Å². The molecule has 6 nitrogen and oxygen atoms in total. The normalized spacial score (nSPS) is 12.3. The van der Waals surface area contributed by atoms with Crippen molar-refractivity contribution in [2.45, 2.75) is 53.1 Å². The van der Waals surface area contributed by atoms with Crippen LogP contribution in [0.3, 0.4) is 0 Å². The van der Waals surface area contributed by atoms with Gasteiger partial charge in [0.15, 0.2) is 11.9 Å². The molecule has 0 N–H and O–H groups in total. The highest BCUT2D eigenvalue weighted by Crippen LogP contribution is 2.21. The second kappa shape index (κ2) is 8.14. The fourth-order valence-electron chi connectivity index (χ4n) is 2.37. The SMILES string of the molecule is Cc1ccc(C)c(O[C@H](C)C(=O)N(C)CCc2noc(C(C)C)n2)c1. The quantitative estimate of drug-likeness (QED) is 0.770. The molecule has 0 fully saturated rings. The van der Waals surface area contributed by atoms with Gasteiger partial charge in [0.05, 0.1) is 0 Å². The zero-order valence-electron chi connectivity index (χ0n) is 15.9. The Morgan fingerprint density at radius 3 is 2.64 bits per heavy atom. The van der Waals surface area contributed by atoms with Gasteiger partial charge < -0.3 is 14.2 Å². The molecule has 0 aliphatic heterocycles. The maximum Gasteiger partial charge on any atom is 0.263 e. The molecule has 0 spiro atoms. The summed E-state index contributed by atoms with van der Waals surface area (Å²) in [5.41, 5.74) is 2.12. The summed E-state index contributed by atoms with van der Waals surface area (Å²) in [7, 11) is 1.76. The second-order valence-corrected chi connectivity index (χ2v) is 6.74. The molecular formula is C19H27N3O3. The van der Waals surface area contributed by atoms with Crippen LogP contribution in [0.15, 0.2) is 22.7 Å². The van der Waals surface area contributed by atoms with Gasteiger partial charge in [0.2, 0.25) is 5.89 Å². The topological polar surface area (TPSA) is 68.5 Å². The van der Waals surface area contributed by atoms with E-state index in [0.717, 1.165) is 16.9 Å². The number of aromatic nitrogens is 2. The van der Waals surface area contributed by atoms with E-state index in [1.807, 2.05) is 45.9 Å². The van der Waals surface area contributed by atoms with E-state index in [2.05, 4.69) is 10.1 Å². The van der Waals surface area contributed by atoms with E-state index in [1.165, 1.54) is 0 Å². The van der Waals surface area contributed by atoms with Crippen LogP contribution in [0.5, 0.6) is 5.75 Å². The monoisotopic (exact) mass is 345 g/mol. The molecule has 1 heterocycles. The predicted octanol–water partition coefficient (Wildman–Crippen LogP) is 3.28. The molecule has 0 saturated carbocycles. The lowest BCUT2D eigenvalue weighted by Crippen LogP contribution is -2.39. The first kappa shape index (κ1) is 19.0. The van der Waals surface area contributed by atoms with Gasteiger partial charge in [-0.25, -0.2) is 0 Å². The Kier molecular flexibility index (Phi) is 6.17. The predicted molar refractivity (Wildman–Crippen MR) is 95.7 cm³/mol. The van der Waals surface area contributed by atoms with Gasteiger partial charge >= 0.3 is 0 Å². The third kappa shape index (κ3) is 5.05. The van der Waals surface area contributed by atoms with Crippen LogP contribution >= 0.6 is 0 Å². The minimum atomic E-state index is -0.554. The zero-order chi connectivity index (χ0) is 18.6. The maximum atomic E-state index is 12.5. The van der Waals surface area contributed by atoms with Gasteiger partial charge in [0, 0.05) is 25.9 Å². The van der Waals surface area contributed by atoms with Crippen molar-refractivity contribution in [1.29, 1.82) is 0 Å². The van der Waals surface area contributed by atoms with Gasteiger partial charge in [-0.1, -0.05) is 31.1 Å². The van der Waals surface area contributed by atoms with E-state index >= 15 is 0 Å². The number of aryl methyl sites for hydroxylation is 2. The lowest BCUT2D eigenvalue weighted by Gasteiger charge is -2.22. The number of benzene rings is 1. The van der Waals surface area contributed by atoms with Crippen molar-refractivity contribution in [2.75, 3.05) is 13.6 Å². The minimum absolute atomic E-state index is 0.0755. The summed E-state index contributed by atoms with van der Waals surface area (Å²) in [6.45, 7) is 10.3. The highest BCUT2D eigenvalue weighted by Gasteiger charge is 2.20. The van der Waals surface area contributed by atoms with Gasteiger partial charge in [0.25, 0.3) is 5.91 Å². The fourth-order valence-corrected chi connectivity index (χ4v) is 2.37. The molecular weight excluding hydrogens is 318 g/mol. The largest absolute Gasteiger partial charge is 0.481 e. The van der Waals surface area contributed by atoms with Gasteiger partial charge in [-0.15, -0.1) is 0 Å². The highest BCUT2D eigenvalue weighted by molar-refractivity contribution is 5.80. The molecule has 1 amide bonds. The molecule has 136 valence electrons. The molecule has 1 aromatic carbocycles. The Morgan fingerprint density at radius 1 is 1.28 bits per heavy atom. The van der Waals surface area contributed by atoms with E-state index in [9.17, 15) is 4.79 Å². The average Bonchev–Trinajstić information content (AvgIpc) is 3.04. The standard InChI is InChI=1S/C19H27N3O3/c1-12(2)18-20-17(21-25-18)9-10-22(6)19(23)15(5)24-16-11-13(3)7-8-14(16)4/h7-8,11-12,15H,9-10H2,1-6H3/t15-/m1/s1. The van der Waals surface area contributed by atoms with Crippen LogP contribution in [0.2, 0.25) is 0 Å². The summed E-state index contributed by atoms with van der Waals surface area (Å²) in [6, 6.07) is 5.97. The van der Waals surface area contributed by atoms with Crippen LogP contribution in [0.1, 0.15) is 49.5 Å². The van der Waals surface area contributed by atoms with Gasteiger partial charge in [-0.2, -0.15) is 4.98 Å². The molecule has 0 radical (unpaired) electrons. The van der Waals surface area contributed by atoms with Crippen molar-refractivity contribution in [3.8, 4) is 5.75 Å². The third-order valence-electron chi connectivity index (χ3n) is 4.02. The Hall–Kier alpha value is -2.37. The van der Waals surface area contributed by atoms with Gasteiger partial charge in [-0.3, -0.25) is 4.79 Å². The summed E-state index contributed by atoms with van der Waals surface area (Å²) in [4.78, 5) is 18.5. The molecule has 0 saturated heterocycles. The number of amides is 1. The Balaban J connectivity index is 1.90. The van der Waals surface area contributed by atoms with E-state index < -0.39 is 6.10 Å². The number of carbonyl (C=O) groups is 1. The Labute approximate surface area is 149 Å². The number of rotatable bonds is 7. The van der Waals surface area contributed by atoms with Crippen LogP contribution in [-0.2, 0) is 11.2 Å². The zero-order valence-corrected chi connectivity index (χ0v) is 15.9. The van der Waals surface area contributed by atoms with Crippen molar-refractivity contribution < 1.29 is 14.1 Å². The molecule has 0 bridgehead atoms. The van der Waals surface area contributed by atoms with Crippen molar-refractivity contribution >= 4 is 5.91 Å². The Bertz CT molecular complexity index is 724. The molecule has 0 unspecified atom stereocenters. The number of hydrogen-bond acceptors (Lipinski definition) is 5. The lowest BCUT2D eigenvalue weighted by atomic mass is 10.1. The van der Waals surface area contributed by atoms with E-state index in [4.69, 9.17) is 9.26 Å². The van der Waals surface area contributed by atoms with E-state index in [0.29, 0.717) is 24.7 Å². The summed E-state index contributed by atoms with van der Waals surface area (Å²) in [6.07, 6.45) is -0.00346. The van der Waals surface area contributed by atoms with Crippen LogP contribution in [0.25, 0.3) is 0 Å². The van der Waals surface area contributed by atoms with Crippen molar-refractivity contribution in [3.63, 3.8) is 0 Å². The summed E-state index contributed by atoms with van der Waals surface area (Å²) < 4.78 is 11.0. The fraction of sp³-hybridized carbons (Fsp3) is 0.526. The van der Waals surface area contributed by atoms with Crippen molar-refractivity contribution in [1.82, 2.24) is 15.0 Å². The summed E-state index contributed by atoms with van der Waals surface area (Å²) >= 11 is 0. The maximum absolute atomic E-state index is 12.5. The van der Waals surface area contributed by atoms with Crippen LogP contribution in [0.4, 0.5) is 0 Å².